The first kappa shape index (κ1) is 19.1. The van der Waals surface area contributed by atoms with Gasteiger partial charge in [-0.2, -0.15) is 0 Å². The lowest BCUT2D eigenvalue weighted by Gasteiger charge is -2.38. The Balaban J connectivity index is 1.69. The molecule has 2 atom stereocenters. The van der Waals surface area contributed by atoms with Crippen molar-refractivity contribution in [2.45, 2.75) is 18.1 Å². The summed E-state index contributed by atoms with van der Waals surface area (Å²) in [6.07, 6.45) is -0.976. The Bertz CT molecular complexity index is 1070. The van der Waals surface area contributed by atoms with Crippen molar-refractivity contribution in [3.8, 4) is 16.9 Å². The maximum Gasteiger partial charge on any atom is 0.336 e. The molecule has 1 heterocycles. The average molecular weight is 394 g/mol. The molecular formula is C23H19FO5. The Morgan fingerprint density at radius 2 is 1.86 bits per heavy atom. The Kier molecular flexibility index (Phi) is 4.82. The lowest BCUT2D eigenvalue weighted by molar-refractivity contribution is -0.114. The van der Waals surface area contributed by atoms with E-state index >= 15 is 0 Å². The van der Waals surface area contributed by atoms with Crippen LogP contribution in [0.1, 0.15) is 27.6 Å². The van der Waals surface area contributed by atoms with E-state index in [0.29, 0.717) is 16.9 Å². The van der Waals surface area contributed by atoms with Gasteiger partial charge in [-0.3, -0.25) is 0 Å². The summed E-state index contributed by atoms with van der Waals surface area (Å²) in [7, 11) is 0. The molecule has 0 fully saturated rings. The van der Waals surface area contributed by atoms with Crippen LogP contribution in [0.3, 0.4) is 0 Å². The maximum atomic E-state index is 13.7. The molecule has 0 radical (unpaired) electrons. The van der Waals surface area contributed by atoms with Gasteiger partial charge in [0, 0.05) is 12.0 Å². The van der Waals surface area contributed by atoms with Crippen LogP contribution in [0.4, 0.5) is 4.39 Å². The molecule has 1 unspecified atom stereocenters. The smallest absolute Gasteiger partial charge is 0.336 e. The van der Waals surface area contributed by atoms with E-state index in [1.54, 1.807) is 18.2 Å². The Hall–Kier alpha value is -3.22. The van der Waals surface area contributed by atoms with E-state index in [9.17, 15) is 24.5 Å². The maximum absolute atomic E-state index is 13.7. The van der Waals surface area contributed by atoms with Crippen LogP contribution in [0.25, 0.3) is 11.1 Å². The number of aromatic carboxylic acids is 1. The number of benzene rings is 3. The SMILES string of the molecule is O=C(O)c1ccc(F)cc1-c1ccc2c(c1)OC[C@](O)(Cc1ccccc1)C2O. The van der Waals surface area contributed by atoms with Crippen LogP contribution in [0.5, 0.6) is 5.75 Å². The number of aliphatic hydroxyl groups is 2. The van der Waals surface area contributed by atoms with E-state index in [2.05, 4.69) is 0 Å². The predicted octanol–water partition coefficient (Wildman–Crippen LogP) is 3.59. The molecule has 3 N–H and O–H groups in total. The van der Waals surface area contributed by atoms with Crippen molar-refractivity contribution in [1.82, 2.24) is 0 Å². The second-order valence-electron chi connectivity index (χ2n) is 7.20. The first-order valence-corrected chi connectivity index (χ1v) is 9.12. The molecule has 0 aromatic heterocycles. The van der Waals surface area contributed by atoms with Crippen molar-refractivity contribution in [2.75, 3.05) is 6.61 Å². The summed E-state index contributed by atoms with van der Waals surface area (Å²) >= 11 is 0. The lowest BCUT2D eigenvalue weighted by Crippen LogP contribution is -2.47. The van der Waals surface area contributed by atoms with Crippen molar-refractivity contribution < 1.29 is 29.2 Å². The molecule has 3 aromatic carbocycles. The number of hydrogen-bond donors (Lipinski definition) is 3. The third-order valence-corrected chi connectivity index (χ3v) is 5.17. The Morgan fingerprint density at radius 3 is 2.59 bits per heavy atom. The number of carboxylic acids is 1. The molecule has 4 rings (SSSR count). The fourth-order valence-electron chi connectivity index (χ4n) is 3.66. The molecule has 5 nitrogen and oxygen atoms in total. The number of ether oxygens (including phenoxy) is 1. The van der Waals surface area contributed by atoms with Crippen molar-refractivity contribution >= 4 is 5.97 Å². The summed E-state index contributed by atoms with van der Waals surface area (Å²) in [5.41, 5.74) is 0.379. The van der Waals surface area contributed by atoms with Crippen LogP contribution >= 0.6 is 0 Å². The normalized spacial score (nSPS) is 20.6. The molecule has 3 aromatic rings. The molecule has 0 saturated carbocycles. The van der Waals surface area contributed by atoms with Gasteiger partial charge >= 0.3 is 5.97 Å². The van der Waals surface area contributed by atoms with Crippen LogP contribution in [0.2, 0.25) is 0 Å². The molecule has 0 spiro atoms. The second kappa shape index (κ2) is 7.31. The second-order valence-corrected chi connectivity index (χ2v) is 7.20. The Labute approximate surface area is 166 Å². The van der Waals surface area contributed by atoms with Gasteiger partial charge < -0.3 is 20.1 Å². The molecule has 0 bridgehead atoms. The number of halogens is 1. The van der Waals surface area contributed by atoms with Gasteiger partial charge in [-0.05, 0) is 41.0 Å². The van der Waals surface area contributed by atoms with E-state index in [-0.39, 0.29) is 24.2 Å². The van der Waals surface area contributed by atoms with Crippen LogP contribution in [-0.2, 0) is 6.42 Å². The summed E-state index contributed by atoms with van der Waals surface area (Å²) in [5, 5.41) is 31.2. The topological polar surface area (TPSA) is 87.0 Å². The van der Waals surface area contributed by atoms with Crippen molar-refractivity contribution in [2.24, 2.45) is 0 Å². The number of hydrogen-bond acceptors (Lipinski definition) is 4. The third kappa shape index (κ3) is 3.60. The standard InChI is InChI=1S/C23H19FO5/c24-16-7-9-17(22(26)27)19(11-16)15-6-8-18-20(10-15)29-13-23(28,21(18)25)12-14-4-2-1-3-5-14/h1-11,21,25,28H,12-13H2,(H,26,27)/t21?,23-/m1/s1. The van der Waals surface area contributed by atoms with Crippen LogP contribution in [-0.4, -0.2) is 33.5 Å². The van der Waals surface area contributed by atoms with Gasteiger partial charge in [0.25, 0.3) is 0 Å². The van der Waals surface area contributed by atoms with Gasteiger partial charge in [-0.25, -0.2) is 9.18 Å². The van der Waals surface area contributed by atoms with Gasteiger partial charge in [0.1, 0.15) is 29.9 Å². The average Bonchev–Trinajstić information content (AvgIpc) is 2.71. The molecule has 29 heavy (non-hydrogen) atoms. The summed E-state index contributed by atoms with van der Waals surface area (Å²) in [5.74, 6) is -1.40. The lowest BCUT2D eigenvalue weighted by atomic mass is 9.83. The largest absolute Gasteiger partial charge is 0.490 e. The fourth-order valence-corrected chi connectivity index (χ4v) is 3.66. The van der Waals surface area contributed by atoms with Gasteiger partial charge in [0.05, 0.1) is 5.56 Å². The number of carbonyl (C=O) groups is 1. The zero-order valence-corrected chi connectivity index (χ0v) is 15.4. The number of aliphatic hydroxyl groups excluding tert-OH is 1. The molecule has 1 aliphatic heterocycles. The van der Waals surface area contributed by atoms with Crippen LogP contribution in [0.15, 0.2) is 66.7 Å². The summed E-state index contributed by atoms with van der Waals surface area (Å²) in [6.45, 7) is -0.131. The van der Waals surface area contributed by atoms with E-state index in [0.717, 1.165) is 17.7 Å². The molecule has 0 aliphatic carbocycles. The van der Waals surface area contributed by atoms with Gasteiger partial charge in [0.2, 0.25) is 0 Å². The molecule has 6 heteroatoms. The van der Waals surface area contributed by atoms with Crippen molar-refractivity contribution in [3.63, 3.8) is 0 Å². The molecule has 1 aliphatic rings. The predicted molar refractivity (Wildman–Crippen MR) is 104 cm³/mol. The minimum Gasteiger partial charge on any atom is -0.490 e. The molecular weight excluding hydrogens is 375 g/mol. The van der Waals surface area contributed by atoms with E-state index < -0.39 is 23.5 Å². The monoisotopic (exact) mass is 394 g/mol. The minimum absolute atomic E-state index is 0.0386. The zero-order chi connectivity index (χ0) is 20.6. The number of carboxylic acid groups (broad SMARTS) is 1. The molecule has 148 valence electrons. The third-order valence-electron chi connectivity index (χ3n) is 5.17. The van der Waals surface area contributed by atoms with E-state index in [4.69, 9.17) is 4.74 Å². The molecule has 0 saturated heterocycles. The number of rotatable bonds is 4. The summed E-state index contributed by atoms with van der Waals surface area (Å²) < 4.78 is 19.4. The highest BCUT2D eigenvalue weighted by Crippen LogP contribution is 2.41. The fraction of sp³-hybridized carbons (Fsp3) is 0.174. The zero-order valence-electron chi connectivity index (χ0n) is 15.4. The Morgan fingerprint density at radius 1 is 1.10 bits per heavy atom. The van der Waals surface area contributed by atoms with Crippen molar-refractivity contribution in [3.05, 3.63) is 89.2 Å². The van der Waals surface area contributed by atoms with E-state index in [1.165, 1.54) is 6.07 Å². The summed E-state index contributed by atoms with van der Waals surface area (Å²) in [6, 6.07) is 17.5. The minimum atomic E-state index is -1.50. The van der Waals surface area contributed by atoms with Gasteiger partial charge in [-0.1, -0.05) is 42.5 Å². The van der Waals surface area contributed by atoms with Crippen LogP contribution < -0.4 is 4.74 Å². The highest BCUT2D eigenvalue weighted by Gasteiger charge is 2.42. The first-order valence-electron chi connectivity index (χ1n) is 9.12. The highest BCUT2D eigenvalue weighted by molar-refractivity contribution is 5.96. The quantitative estimate of drug-likeness (QED) is 0.630. The van der Waals surface area contributed by atoms with Crippen LogP contribution in [0, 0.1) is 5.82 Å². The molecule has 0 amide bonds. The highest BCUT2D eigenvalue weighted by atomic mass is 19.1. The number of fused-ring (bicyclic) bond motifs is 1. The van der Waals surface area contributed by atoms with E-state index in [1.807, 2.05) is 30.3 Å². The summed E-state index contributed by atoms with van der Waals surface area (Å²) in [4.78, 5) is 11.5. The first-order chi connectivity index (χ1) is 13.9. The van der Waals surface area contributed by atoms with Gasteiger partial charge in [0.15, 0.2) is 0 Å². The van der Waals surface area contributed by atoms with Crippen molar-refractivity contribution in [1.29, 1.82) is 0 Å². The van der Waals surface area contributed by atoms with Gasteiger partial charge in [-0.15, -0.1) is 0 Å².